The Morgan fingerprint density at radius 2 is 2.12 bits per heavy atom. The highest BCUT2D eigenvalue weighted by atomic mass is 32.2. The largest absolute Gasteiger partial charge is 0.377 e. The van der Waals surface area contributed by atoms with Gasteiger partial charge in [0.25, 0.3) is 0 Å². The monoisotopic (exact) mass is 477 g/mol. The fourth-order valence-electron chi connectivity index (χ4n) is 4.35. The first-order chi connectivity index (χ1) is 15.8. The highest BCUT2D eigenvalue weighted by Gasteiger charge is 2.40. The van der Waals surface area contributed by atoms with Gasteiger partial charge >= 0.3 is 0 Å². The zero-order valence-electron chi connectivity index (χ0n) is 17.6. The molecule has 1 aliphatic rings. The molecule has 1 unspecified atom stereocenters. The van der Waals surface area contributed by atoms with Crippen molar-refractivity contribution in [2.75, 3.05) is 6.26 Å². The molecular weight excluding hydrogens is 458 g/mol. The molecule has 8 nitrogen and oxygen atoms in total. The molecule has 6 rings (SSSR count). The Morgan fingerprint density at radius 1 is 1.24 bits per heavy atom. The summed E-state index contributed by atoms with van der Waals surface area (Å²) in [5.74, 6) is 0.659. The number of imidazole rings is 1. The van der Waals surface area contributed by atoms with E-state index in [0.29, 0.717) is 23.3 Å². The molecular formula is C23H19N5O3S2. The number of hydrogen-bond donors (Lipinski definition) is 2. The van der Waals surface area contributed by atoms with Crippen LogP contribution >= 0.6 is 11.3 Å². The normalized spacial score (nSPS) is 18.1. The molecule has 0 saturated carbocycles. The van der Waals surface area contributed by atoms with Gasteiger partial charge in [-0.05, 0) is 17.7 Å². The van der Waals surface area contributed by atoms with E-state index in [1.165, 1.54) is 23.8 Å². The van der Waals surface area contributed by atoms with Crippen molar-refractivity contribution in [1.82, 2.24) is 24.5 Å². The number of aromatic amines is 1. The number of pyridine rings is 1. The molecule has 10 heteroatoms. The number of sulfone groups is 1. The first-order valence-electron chi connectivity index (χ1n) is 10.3. The average Bonchev–Trinajstić information content (AvgIpc) is 3.58. The highest BCUT2D eigenvalue weighted by molar-refractivity contribution is 7.90. The lowest BCUT2D eigenvalue weighted by Crippen LogP contribution is -2.25. The maximum atomic E-state index is 12.0. The van der Waals surface area contributed by atoms with E-state index in [1.54, 1.807) is 18.5 Å². The minimum absolute atomic E-state index is 0.170. The fourth-order valence-corrected chi connectivity index (χ4v) is 5.79. The predicted molar refractivity (Wildman–Crippen MR) is 126 cm³/mol. The zero-order valence-corrected chi connectivity index (χ0v) is 19.2. The van der Waals surface area contributed by atoms with Gasteiger partial charge in [-0.3, -0.25) is 0 Å². The van der Waals surface area contributed by atoms with Crippen LogP contribution in [0.5, 0.6) is 0 Å². The van der Waals surface area contributed by atoms with Crippen molar-refractivity contribution in [2.45, 2.75) is 23.5 Å². The van der Waals surface area contributed by atoms with Gasteiger partial charge in [-0.15, -0.1) is 11.3 Å². The topological polar surface area (TPSA) is 114 Å². The highest BCUT2D eigenvalue weighted by Crippen LogP contribution is 2.39. The third-order valence-electron chi connectivity index (χ3n) is 6.10. The summed E-state index contributed by atoms with van der Waals surface area (Å²) in [6.07, 6.45) is 8.49. The molecule has 0 spiro atoms. The van der Waals surface area contributed by atoms with Gasteiger partial charge in [-0.25, -0.2) is 23.4 Å². The van der Waals surface area contributed by atoms with E-state index in [1.807, 2.05) is 40.4 Å². The van der Waals surface area contributed by atoms with Crippen molar-refractivity contribution in [3.05, 3.63) is 71.9 Å². The van der Waals surface area contributed by atoms with Crippen LogP contribution < -0.4 is 0 Å². The molecule has 1 atom stereocenters. The number of H-pyrrole nitrogens is 1. The molecule has 4 aromatic heterocycles. The summed E-state index contributed by atoms with van der Waals surface area (Å²) in [6, 6.07) is 9.39. The van der Waals surface area contributed by atoms with Crippen LogP contribution in [0.15, 0.2) is 65.4 Å². The van der Waals surface area contributed by atoms with Crippen molar-refractivity contribution in [3.63, 3.8) is 0 Å². The van der Waals surface area contributed by atoms with Crippen LogP contribution in [0.4, 0.5) is 0 Å². The van der Waals surface area contributed by atoms with E-state index in [-0.39, 0.29) is 4.90 Å². The molecule has 0 fully saturated rings. The number of benzene rings is 1. The van der Waals surface area contributed by atoms with Gasteiger partial charge in [0.1, 0.15) is 22.1 Å². The lowest BCUT2D eigenvalue weighted by Gasteiger charge is -2.22. The summed E-state index contributed by atoms with van der Waals surface area (Å²) in [5.41, 5.74) is 2.74. The maximum Gasteiger partial charge on any atom is 0.177 e. The van der Waals surface area contributed by atoms with Crippen LogP contribution in [0.3, 0.4) is 0 Å². The number of aryl methyl sites for hydroxylation is 1. The summed E-state index contributed by atoms with van der Waals surface area (Å²) in [7, 11) is -3.37. The molecule has 2 N–H and O–H groups in total. The first-order valence-corrected chi connectivity index (χ1v) is 13.1. The van der Waals surface area contributed by atoms with E-state index >= 15 is 0 Å². The van der Waals surface area contributed by atoms with Gasteiger partial charge in [0.15, 0.2) is 9.84 Å². The molecule has 1 aromatic carbocycles. The summed E-state index contributed by atoms with van der Waals surface area (Å²) in [5, 5.41) is 14.8. The quantitative estimate of drug-likeness (QED) is 0.409. The van der Waals surface area contributed by atoms with E-state index < -0.39 is 15.4 Å². The molecule has 0 radical (unpaired) electrons. The third kappa shape index (κ3) is 3.21. The summed E-state index contributed by atoms with van der Waals surface area (Å²) in [6.45, 7) is 0.723. The number of thiazole rings is 1. The second-order valence-electron chi connectivity index (χ2n) is 8.21. The van der Waals surface area contributed by atoms with Gasteiger partial charge in [0.05, 0.1) is 10.6 Å². The Labute approximate surface area is 193 Å². The van der Waals surface area contributed by atoms with Gasteiger partial charge in [-0.1, -0.05) is 18.2 Å². The van der Waals surface area contributed by atoms with Crippen LogP contribution in [0.1, 0.15) is 17.8 Å². The number of nitrogens with one attached hydrogen (secondary N) is 1. The fraction of sp³-hybridized carbons (Fsp3) is 0.174. The summed E-state index contributed by atoms with van der Waals surface area (Å²) < 4.78 is 25.9. The van der Waals surface area contributed by atoms with E-state index in [9.17, 15) is 13.5 Å². The molecule has 166 valence electrons. The van der Waals surface area contributed by atoms with Crippen molar-refractivity contribution >= 4 is 32.2 Å². The maximum absolute atomic E-state index is 12.0. The van der Waals surface area contributed by atoms with Crippen molar-refractivity contribution < 1.29 is 13.5 Å². The minimum Gasteiger partial charge on any atom is -0.377 e. The number of rotatable bonds is 4. The predicted octanol–water partition coefficient (Wildman–Crippen LogP) is 3.59. The standard InChI is InChI=1S/C23H19N5O3S2/c1-33(30,31)16-10-17-18(12-26-20(17)25-11-16)21-27-19(13-32-21)14-3-2-4-15(9-14)23(29)5-7-28-8-6-24-22(23)28/h2-4,6,8-13,29H,5,7H2,1H3,(H,25,26). The Morgan fingerprint density at radius 3 is 2.97 bits per heavy atom. The number of nitrogens with zero attached hydrogens (tertiary/aromatic N) is 4. The molecule has 33 heavy (non-hydrogen) atoms. The number of fused-ring (bicyclic) bond motifs is 2. The molecule has 5 aromatic rings. The first kappa shape index (κ1) is 20.3. The molecule has 0 bridgehead atoms. The van der Waals surface area contributed by atoms with Gasteiger partial charge in [0, 0.05) is 65.9 Å². The number of hydrogen-bond acceptors (Lipinski definition) is 7. The van der Waals surface area contributed by atoms with Gasteiger partial charge < -0.3 is 14.7 Å². The van der Waals surface area contributed by atoms with Crippen LogP contribution in [0.25, 0.3) is 32.9 Å². The van der Waals surface area contributed by atoms with E-state index in [0.717, 1.165) is 33.9 Å². The summed E-state index contributed by atoms with van der Waals surface area (Å²) >= 11 is 1.47. The van der Waals surface area contributed by atoms with E-state index in [4.69, 9.17) is 4.98 Å². The van der Waals surface area contributed by atoms with Gasteiger partial charge in [0.2, 0.25) is 0 Å². The smallest absolute Gasteiger partial charge is 0.177 e. The number of aromatic nitrogens is 5. The second kappa shape index (κ2) is 7.08. The van der Waals surface area contributed by atoms with E-state index in [2.05, 4.69) is 15.0 Å². The second-order valence-corrected chi connectivity index (χ2v) is 11.1. The Hall–Kier alpha value is -3.34. The molecule has 0 aliphatic carbocycles. The van der Waals surface area contributed by atoms with Crippen molar-refractivity contribution in [2.24, 2.45) is 0 Å². The number of aliphatic hydroxyl groups is 1. The van der Waals surface area contributed by atoms with Crippen LogP contribution in [0.2, 0.25) is 0 Å². The van der Waals surface area contributed by atoms with Crippen LogP contribution in [0, 0.1) is 0 Å². The average molecular weight is 478 g/mol. The molecule has 1 aliphatic heterocycles. The lowest BCUT2D eigenvalue weighted by atomic mass is 9.90. The van der Waals surface area contributed by atoms with Crippen LogP contribution in [-0.4, -0.2) is 44.3 Å². The van der Waals surface area contributed by atoms with Crippen molar-refractivity contribution in [1.29, 1.82) is 0 Å². The minimum atomic E-state index is -3.37. The Kier molecular flexibility index (Phi) is 4.35. The molecule has 5 heterocycles. The van der Waals surface area contributed by atoms with Crippen molar-refractivity contribution in [3.8, 4) is 21.8 Å². The molecule has 0 saturated heterocycles. The lowest BCUT2D eigenvalue weighted by molar-refractivity contribution is 0.0786. The SMILES string of the molecule is CS(=O)(=O)c1cnc2[nH]cc(-c3nc(-c4cccc(C5(O)CCn6ccnc65)c4)cs3)c2c1. The van der Waals surface area contributed by atoms with Crippen LogP contribution in [-0.2, 0) is 22.0 Å². The molecule has 0 amide bonds. The Bertz CT molecular complexity index is 1630. The Balaban J connectivity index is 1.39. The summed E-state index contributed by atoms with van der Waals surface area (Å²) in [4.78, 5) is 16.7. The van der Waals surface area contributed by atoms with Gasteiger partial charge in [-0.2, -0.15) is 0 Å². The zero-order chi connectivity index (χ0) is 22.8. The third-order valence-corrected chi connectivity index (χ3v) is 8.06.